The third kappa shape index (κ3) is 3.56. The maximum absolute atomic E-state index is 14.3. The van der Waals surface area contributed by atoms with Crippen molar-refractivity contribution in [2.45, 2.75) is 37.7 Å². The van der Waals surface area contributed by atoms with E-state index < -0.39 is 16.8 Å². The summed E-state index contributed by atoms with van der Waals surface area (Å²) < 4.78 is 19.8. The Labute approximate surface area is 183 Å². The van der Waals surface area contributed by atoms with E-state index in [-0.39, 0.29) is 22.6 Å². The zero-order valence-corrected chi connectivity index (χ0v) is 18.6. The van der Waals surface area contributed by atoms with Crippen LogP contribution in [0.15, 0.2) is 23.6 Å². The molecule has 2 aliphatic rings. The van der Waals surface area contributed by atoms with Gasteiger partial charge in [0.05, 0.1) is 28.2 Å². The monoisotopic (exact) mass is 451 g/mol. The molecule has 0 saturated carbocycles. The predicted octanol–water partition coefficient (Wildman–Crippen LogP) is 4.32. The second-order valence-corrected chi connectivity index (χ2v) is 9.72. The molecule has 0 unspecified atom stereocenters. The lowest BCUT2D eigenvalue weighted by Crippen LogP contribution is -2.52. The molecular formula is C21H23ClFN3O3S. The number of likely N-dealkylation sites (tertiary alicyclic amines) is 1. The van der Waals surface area contributed by atoms with Gasteiger partial charge in [-0.15, -0.1) is 11.3 Å². The van der Waals surface area contributed by atoms with E-state index in [1.165, 1.54) is 17.4 Å². The molecule has 2 amide bonds. The molecule has 0 aliphatic carbocycles. The number of likely N-dealkylation sites (N-methyl/N-ethyl adjacent to an activating group) is 1. The number of ether oxygens (including phenoxy) is 1. The van der Waals surface area contributed by atoms with E-state index in [1.54, 1.807) is 34.4 Å². The molecule has 2 aliphatic heterocycles. The van der Waals surface area contributed by atoms with Crippen LogP contribution < -0.4 is 0 Å². The quantitative estimate of drug-likeness (QED) is 0.697. The summed E-state index contributed by atoms with van der Waals surface area (Å²) in [6.07, 6.45) is 0.910. The van der Waals surface area contributed by atoms with Crippen molar-refractivity contribution >= 4 is 34.9 Å². The van der Waals surface area contributed by atoms with E-state index >= 15 is 0 Å². The molecule has 1 spiro atoms. The molecule has 0 N–H and O–H groups in total. The number of halogens is 2. The zero-order chi connectivity index (χ0) is 21.7. The molecule has 1 aromatic heterocycles. The van der Waals surface area contributed by atoms with Crippen molar-refractivity contribution in [1.29, 1.82) is 0 Å². The van der Waals surface area contributed by atoms with Crippen molar-refractivity contribution in [2.75, 3.05) is 26.7 Å². The highest BCUT2D eigenvalue weighted by Crippen LogP contribution is 2.38. The maximum atomic E-state index is 14.3. The lowest BCUT2D eigenvalue weighted by Gasteiger charge is -2.40. The number of benzene rings is 1. The number of hydrogen-bond donors (Lipinski definition) is 0. The van der Waals surface area contributed by atoms with Crippen LogP contribution in [0.1, 0.15) is 32.4 Å². The molecule has 0 radical (unpaired) electrons. The molecule has 2 aromatic rings. The SMILES string of the molecule is CN1CC2(CCN(C(=O)C(C)(C)c3csc(-c4c(F)cccc4Cl)n3)CC2)OC1=O. The van der Waals surface area contributed by atoms with Gasteiger partial charge in [0.25, 0.3) is 0 Å². The summed E-state index contributed by atoms with van der Waals surface area (Å²) in [5.41, 5.74) is -0.535. The fraction of sp³-hybridized carbons (Fsp3) is 0.476. The zero-order valence-electron chi connectivity index (χ0n) is 17.1. The molecule has 3 heterocycles. The number of carbonyl (C=O) groups is 2. The molecule has 2 fully saturated rings. The summed E-state index contributed by atoms with van der Waals surface area (Å²) in [6.45, 7) is 5.23. The summed E-state index contributed by atoms with van der Waals surface area (Å²) in [5.74, 6) is -0.489. The molecular weight excluding hydrogens is 429 g/mol. The average Bonchev–Trinajstić information content (AvgIpc) is 3.28. The highest BCUT2D eigenvalue weighted by molar-refractivity contribution is 7.13. The maximum Gasteiger partial charge on any atom is 0.410 e. The van der Waals surface area contributed by atoms with Crippen LogP contribution in [0.3, 0.4) is 0 Å². The predicted molar refractivity (Wildman–Crippen MR) is 113 cm³/mol. The Balaban J connectivity index is 1.50. The number of piperidine rings is 1. The van der Waals surface area contributed by atoms with Crippen LogP contribution in [-0.2, 0) is 14.9 Å². The van der Waals surface area contributed by atoms with Crippen molar-refractivity contribution < 1.29 is 18.7 Å². The number of carbonyl (C=O) groups excluding carboxylic acids is 2. The van der Waals surface area contributed by atoms with Crippen molar-refractivity contribution in [3.05, 3.63) is 40.1 Å². The first-order valence-corrected chi connectivity index (χ1v) is 11.0. The Hall–Kier alpha value is -2.19. The fourth-order valence-corrected chi connectivity index (χ4v) is 5.41. The Bertz CT molecular complexity index is 981. The van der Waals surface area contributed by atoms with E-state index in [4.69, 9.17) is 16.3 Å². The van der Waals surface area contributed by atoms with E-state index in [2.05, 4.69) is 4.98 Å². The Kier molecular flexibility index (Phi) is 5.26. The van der Waals surface area contributed by atoms with Crippen molar-refractivity contribution in [3.63, 3.8) is 0 Å². The Morgan fingerprint density at radius 1 is 1.33 bits per heavy atom. The Morgan fingerprint density at radius 3 is 2.63 bits per heavy atom. The van der Waals surface area contributed by atoms with Gasteiger partial charge in [-0.3, -0.25) is 4.79 Å². The van der Waals surface area contributed by atoms with Gasteiger partial charge in [-0.25, -0.2) is 14.2 Å². The fourth-order valence-electron chi connectivity index (χ4n) is 4.05. The van der Waals surface area contributed by atoms with E-state index in [1.807, 2.05) is 13.8 Å². The van der Waals surface area contributed by atoms with Crippen molar-refractivity contribution in [2.24, 2.45) is 0 Å². The minimum Gasteiger partial charge on any atom is -0.441 e. The smallest absolute Gasteiger partial charge is 0.410 e. The first-order valence-electron chi connectivity index (χ1n) is 9.77. The molecule has 6 nitrogen and oxygen atoms in total. The third-order valence-electron chi connectivity index (χ3n) is 5.96. The summed E-state index contributed by atoms with van der Waals surface area (Å²) in [6, 6.07) is 4.51. The summed E-state index contributed by atoms with van der Waals surface area (Å²) >= 11 is 7.43. The molecule has 0 bridgehead atoms. The number of amides is 2. The normalized spacial score (nSPS) is 18.8. The molecule has 160 valence electrons. The van der Waals surface area contributed by atoms with Gasteiger partial charge in [-0.2, -0.15) is 0 Å². The third-order valence-corrected chi connectivity index (χ3v) is 7.13. The molecule has 30 heavy (non-hydrogen) atoms. The van der Waals surface area contributed by atoms with Gasteiger partial charge in [0.15, 0.2) is 0 Å². The van der Waals surface area contributed by atoms with Gasteiger partial charge in [0, 0.05) is 38.4 Å². The van der Waals surface area contributed by atoms with Gasteiger partial charge in [-0.1, -0.05) is 17.7 Å². The second kappa shape index (κ2) is 7.50. The number of thiazole rings is 1. The van der Waals surface area contributed by atoms with Gasteiger partial charge >= 0.3 is 6.09 Å². The van der Waals surface area contributed by atoms with E-state index in [0.29, 0.717) is 43.2 Å². The second-order valence-electron chi connectivity index (χ2n) is 8.46. The Morgan fingerprint density at radius 2 is 2.03 bits per heavy atom. The molecule has 1 aromatic carbocycles. The minimum atomic E-state index is -0.875. The standard InChI is InChI=1S/C21H23ClFN3O3S/c1-20(2,15-11-30-17(24-15)16-13(22)5-4-6-14(16)23)18(27)26-9-7-21(8-10-26)12-25(3)19(28)29-21/h4-6,11H,7-10,12H2,1-3H3. The highest BCUT2D eigenvalue weighted by Gasteiger charge is 2.47. The number of nitrogens with zero attached hydrogens (tertiary/aromatic N) is 3. The van der Waals surface area contributed by atoms with Crippen molar-refractivity contribution in [3.8, 4) is 10.6 Å². The summed E-state index contributed by atoms with van der Waals surface area (Å²) in [7, 11) is 1.72. The van der Waals surface area contributed by atoms with Crippen LogP contribution in [0.4, 0.5) is 9.18 Å². The van der Waals surface area contributed by atoms with Crippen LogP contribution in [0.2, 0.25) is 5.02 Å². The van der Waals surface area contributed by atoms with Crippen LogP contribution in [0.25, 0.3) is 10.6 Å². The number of rotatable bonds is 3. The van der Waals surface area contributed by atoms with E-state index in [0.717, 1.165) is 0 Å². The van der Waals surface area contributed by atoms with Crippen LogP contribution in [0.5, 0.6) is 0 Å². The first kappa shape index (κ1) is 21.1. The lowest BCUT2D eigenvalue weighted by atomic mass is 9.85. The molecule has 4 rings (SSSR count). The van der Waals surface area contributed by atoms with Crippen LogP contribution in [0, 0.1) is 5.82 Å². The van der Waals surface area contributed by atoms with Gasteiger partial charge in [0.1, 0.15) is 16.4 Å². The molecule has 0 atom stereocenters. The largest absolute Gasteiger partial charge is 0.441 e. The highest BCUT2D eigenvalue weighted by atomic mass is 35.5. The lowest BCUT2D eigenvalue weighted by molar-refractivity contribution is -0.139. The average molecular weight is 452 g/mol. The van der Waals surface area contributed by atoms with Gasteiger partial charge in [0.2, 0.25) is 5.91 Å². The van der Waals surface area contributed by atoms with E-state index in [9.17, 15) is 14.0 Å². The minimum absolute atomic E-state index is 0.0495. The van der Waals surface area contributed by atoms with Crippen molar-refractivity contribution in [1.82, 2.24) is 14.8 Å². The number of hydrogen-bond acceptors (Lipinski definition) is 5. The molecule has 9 heteroatoms. The van der Waals surface area contributed by atoms with Crippen LogP contribution >= 0.6 is 22.9 Å². The van der Waals surface area contributed by atoms with Crippen LogP contribution in [-0.4, -0.2) is 59.1 Å². The van der Waals surface area contributed by atoms with Gasteiger partial charge in [-0.05, 0) is 26.0 Å². The topological polar surface area (TPSA) is 62.7 Å². The number of aromatic nitrogens is 1. The first-order chi connectivity index (χ1) is 14.1. The summed E-state index contributed by atoms with van der Waals surface area (Å²) in [4.78, 5) is 33.0. The van der Waals surface area contributed by atoms with Gasteiger partial charge < -0.3 is 14.5 Å². The summed E-state index contributed by atoms with van der Waals surface area (Å²) in [5, 5.41) is 2.53. The molecule has 2 saturated heterocycles.